The molecule has 0 radical (unpaired) electrons. The molecule has 136 valence electrons. The van der Waals surface area contributed by atoms with E-state index in [4.69, 9.17) is 0 Å². The summed E-state index contributed by atoms with van der Waals surface area (Å²) in [5.74, 6) is 0.893. The highest BCUT2D eigenvalue weighted by Crippen LogP contribution is 2.32. The molecule has 5 nitrogen and oxygen atoms in total. The Labute approximate surface area is 150 Å². The van der Waals surface area contributed by atoms with Crippen molar-refractivity contribution in [3.63, 3.8) is 0 Å². The molecule has 1 N–H and O–H groups in total. The molecule has 2 amide bonds. The van der Waals surface area contributed by atoms with E-state index in [9.17, 15) is 9.59 Å². The number of carbonyl (C=O) groups excluding carboxylic acids is 2. The number of pyridine rings is 1. The minimum atomic E-state index is -0.0642. The summed E-state index contributed by atoms with van der Waals surface area (Å²) in [5, 5.41) is 3.07. The Balaban J connectivity index is 1.61. The van der Waals surface area contributed by atoms with Crippen LogP contribution < -0.4 is 5.32 Å². The third-order valence-corrected chi connectivity index (χ3v) is 5.64. The molecule has 1 aliphatic carbocycles. The number of aromatic nitrogens is 1. The molecule has 0 spiro atoms. The van der Waals surface area contributed by atoms with Crippen molar-refractivity contribution in [2.24, 2.45) is 11.8 Å². The molecule has 3 rings (SSSR count). The van der Waals surface area contributed by atoms with Crippen LogP contribution in [0.5, 0.6) is 0 Å². The number of carbonyl (C=O) groups is 2. The second-order valence-electron chi connectivity index (χ2n) is 7.43. The van der Waals surface area contributed by atoms with E-state index in [1.54, 1.807) is 13.1 Å². The van der Waals surface area contributed by atoms with Crippen LogP contribution in [0.2, 0.25) is 0 Å². The van der Waals surface area contributed by atoms with Crippen molar-refractivity contribution in [3.8, 4) is 0 Å². The average Bonchev–Trinajstić information content (AvgIpc) is 2.67. The van der Waals surface area contributed by atoms with E-state index in [0.717, 1.165) is 44.5 Å². The molecular weight excluding hydrogens is 314 g/mol. The smallest absolute Gasteiger partial charge is 0.225 e. The first kappa shape index (κ1) is 17.9. The van der Waals surface area contributed by atoms with E-state index in [1.165, 1.54) is 19.3 Å². The zero-order chi connectivity index (χ0) is 17.6. The van der Waals surface area contributed by atoms with E-state index in [0.29, 0.717) is 11.8 Å². The molecule has 0 unspecified atom stereocenters. The maximum Gasteiger partial charge on any atom is 0.225 e. The molecule has 1 atom stereocenters. The monoisotopic (exact) mass is 343 g/mol. The van der Waals surface area contributed by atoms with Crippen LogP contribution in [0.1, 0.15) is 63.6 Å². The van der Waals surface area contributed by atoms with Gasteiger partial charge in [-0.3, -0.25) is 14.6 Å². The Morgan fingerprint density at radius 1 is 1.12 bits per heavy atom. The second kappa shape index (κ2) is 8.45. The normalized spacial score (nSPS) is 20.9. The number of amides is 2. The lowest BCUT2D eigenvalue weighted by Crippen LogP contribution is -2.45. The van der Waals surface area contributed by atoms with Gasteiger partial charge in [0.25, 0.3) is 0 Å². The van der Waals surface area contributed by atoms with Crippen molar-refractivity contribution in [2.75, 3.05) is 13.1 Å². The van der Waals surface area contributed by atoms with Crippen LogP contribution in [0.15, 0.2) is 24.4 Å². The summed E-state index contributed by atoms with van der Waals surface area (Å²) in [6.45, 7) is 3.14. The maximum atomic E-state index is 12.7. The third kappa shape index (κ3) is 4.59. The molecule has 2 aliphatic rings. The summed E-state index contributed by atoms with van der Waals surface area (Å²) < 4.78 is 0. The molecule has 1 saturated carbocycles. The summed E-state index contributed by atoms with van der Waals surface area (Å²) in [4.78, 5) is 30.9. The van der Waals surface area contributed by atoms with Gasteiger partial charge in [-0.2, -0.15) is 0 Å². The van der Waals surface area contributed by atoms with Crippen LogP contribution in [-0.2, 0) is 9.59 Å². The van der Waals surface area contributed by atoms with E-state index in [-0.39, 0.29) is 17.9 Å². The third-order valence-electron chi connectivity index (χ3n) is 5.64. The molecule has 2 fully saturated rings. The fourth-order valence-corrected chi connectivity index (χ4v) is 4.27. The van der Waals surface area contributed by atoms with Gasteiger partial charge in [-0.05, 0) is 43.7 Å². The van der Waals surface area contributed by atoms with Crippen molar-refractivity contribution < 1.29 is 9.59 Å². The lowest BCUT2D eigenvalue weighted by Gasteiger charge is -2.38. The molecule has 25 heavy (non-hydrogen) atoms. The van der Waals surface area contributed by atoms with Crippen LogP contribution >= 0.6 is 0 Å². The summed E-state index contributed by atoms with van der Waals surface area (Å²) in [5.41, 5.74) is 0.912. The zero-order valence-electron chi connectivity index (χ0n) is 15.1. The fourth-order valence-electron chi connectivity index (χ4n) is 4.27. The Hall–Kier alpha value is -1.91. The fraction of sp³-hybridized carbons (Fsp3) is 0.650. The standard InChI is InChI=1S/C20H29N3O2/c1-15(24)22-19(18-9-5-6-12-21-18)16-10-13-23(14-11-16)20(25)17-7-3-2-4-8-17/h5-6,9,12,16-17,19H,2-4,7-8,10-11,13-14H2,1H3,(H,22,24)/t19-/m0/s1. The lowest BCUT2D eigenvalue weighted by molar-refractivity contribution is -0.138. The van der Waals surface area contributed by atoms with Crippen molar-refractivity contribution in [1.82, 2.24) is 15.2 Å². The van der Waals surface area contributed by atoms with Crippen molar-refractivity contribution in [3.05, 3.63) is 30.1 Å². The largest absolute Gasteiger partial charge is 0.348 e. The summed E-state index contributed by atoms with van der Waals surface area (Å²) in [6.07, 6.45) is 9.37. The predicted molar refractivity (Wildman–Crippen MR) is 96.7 cm³/mol. The topological polar surface area (TPSA) is 62.3 Å². The maximum absolute atomic E-state index is 12.7. The quantitative estimate of drug-likeness (QED) is 0.914. The van der Waals surface area contributed by atoms with E-state index in [1.807, 2.05) is 18.2 Å². The number of likely N-dealkylation sites (tertiary alicyclic amines) is 1. The Bertz CT molecular complexity index is 576. The second-order valence-corrected chi connectivity index (χ2v) is 7.43. The molecule has 2 heterocycles. The summed E-state index contributed by atoms with van der Waals surface area (Å²) in [6, 6.07) is 5.75. The number of rotatable bonds is 4. The Morgan fingerprint density at radius 2 is 1.84 bits per heavy atom. The van der Waals surface area contributed by atoms with Gasteiger partial charge in [0.05, 0.1) is 11.7 Å². The minimum Gasteiger partial charge on any atom is -0.348 e. The first-order valence-corrected chi connectivity index (χ1v) is 9.62. The molecule has 1 aromatic heterocycles. The molecule has 0 bridgehead atoms. The average molecular weight is 343 g/mol. The molecule has 1 saturated heterocycles. The number of nitrogens with one attached hydrogen (secondary N) is 1. The van der Waals surface area contributed by atoms with E-state index >= 15 is 0 Å². The van der Waals surface area contributed by atoms with Gasteiger partial charge in [-0.15, -0.1) is 0 Å². The highest BCUT2D eigenvalue weighted by molar-refractivity contribution is 5.79. The molecule has 0 aromatic carbocycles. The van der Waals surface area contributed by atoms with Gasteiger partial charge in [-0.25, -0.2) is 0 Å². The van der Waals surface area contributed by atoms with Crippen LogP contribution in [0.25, 0.3) is 0 Å². The molecule has 1 aromatic rings. The van der Waals surface area contributed by atoms with E-state index in [2.05, 4.69) is 15.2 Å². The molecule has 5 heteroatoms. The van der Waals surface area contributed by atoms with Crippen LogP contribution in [-0.4, -0.2) is 34.8 Å². The van der Waals surface area contributed by atoms with Gasteiger partial charge in [0.15, 0.2) is 0 Å². The van der Waals surface area contributed by atoms with Gasteiger partial charge in [0.2, 0.25) is 11.8 Å². The SMILES string of the molecule is CC(=O)N[C@H](c1ccccn1)C1CCN(C(=O)C2CCCCC2)CC1. The summed E-state index contributed by atoms with van der Waals surface area (Å²) in [7, 11) is 0. The van der Waals surface area contributed by atoms with Crippen LogP contribution in [0, 0.1) is 11.8 Å². The lowest BCUT2D eigenvalue weighted by atomic mass is 9.85. The predicted octanol–water partition coefficient (Wildman–Crippen LogP) is 3.08. The Kier molecular flexibility index (Phi) is 6.05. The van der Waals surface area contributed by atoms with Crippen molar-refractivity contribution in [1.29, 1.82) is 0 Å². The van der Waals surface area contributed by atoms with Crippen molar-refractivity contribution >= 4 is 11.8 Å². The van der Waals surface area contributed by atoms with Gasteiger partial charge in [0, 0.05) is 32.1 Å². The first-order valence-electron chi connectivity index (χ1n) is 9.62. The van der Waals surface area contributed by atoms with Gasteiger partial charge < -0.3 is 10.2 Å². The first-order chi connectivity index (χ1) is 12.1. The molecule has 1 aliphatic heterocycles. The minimum absolute atomic E-state index is 0.0311. The van der Waals surface area contributed by atoms with Crippen LogP contribution in [0.3, 0.4) is 0 Å². The van der Waals surface area contributed by atoms with E-state index < -0.39 is 0 Å². The number of hydrogen-bond donors (Lipinski definition) is 1. The number of nitrogens with zero attached hydrogens (tertiary/aromatic N) is 2. The number of piperidine rings is 1. The number of hydrogen-bond acceptors (Lipinski definition) is 3. The zero-order valence-corrected chi connectivity index (χ0v) is 15.1. The van der Waals surface area contributed by atoms with Crippen molar-refractivity contribution in [2.45, 2.75) is 57.9 Å². The highest BCUT2D eigenvalue weighted by atomic mass is 16.2. The highest BCUT2D eigenvalue weighted by Gasteiger charge is 2.33. The van der Waals surface area contributed by atoms with Gasteiger partial charge in [0.1, 0.15) is 0 Å². The summed E-state index contributed by atoms with van der Waals surface area (Å²) >= 11 is 0. The van der Waals surface area contributed by atoms with Crippen LogP contribution in [0.4, 0.5) is 0 Å². The van der Waals surface area contributed by atoms with Gasteiger partial charge in [-0.1, -0.05) is 25.3 Å². The van der Waals surface area contributed by atoms with Gasteiger partial charge >= 0.3 is 0 Å². The Morgan fingerprint density at radius 3 is 2.44 bits per heavy atom. The molecular formula is C20H29N3O2.